The van der Waals surface area contributed by atoms with Crippen molar-refractivity contribution < 1.29 is 23.9 Å². The number of nitrogens with one attached hydrogen (secondary N) is 4. The molecule has 3 atom stereocenters. The third-order valence-corrected chi connectivity index (χ3v) is 8.82. The van der Waals surface area contributed by atoms with Crippen molar-refractivity contribution in [2.24, 2.45) is 5.92 Å². The highest BCUT2D eigenvalue weighted by molar-refractivity contribution is 5.99. The van der Waals surface area contributed by atoms with E-state index in [1.807, 2.05) is 50.2 Å². The number of fused-ring (bicyclic) bond motifs is 14. The molecule has 0 saturated heterocycles. The van der Waals surface area contributed by atoms with Crippen LogP contribution in [-0.4, -0.2) is 78.4 Å². The molecule has 2 aromatic carbocycles. The van der Waals surface area contributed by atoms with Crippen LogP contribution >= 0.6 is 0 Å². The lowest BCUT2D eigenvalue weighted by Crippen LogP contribution is -2.56. The lowest BCUT2D eigenvalue weighted by atomic mass is 10.00. The first-order valence-corrected chi connectivity index (χ1v) is 17.4. The van der Waals surface area contributed by atoms with E-state index in [9.17, 15) is 19.2 Å². The molecule has 0 aliphatic carbocycles. The molecule has 15 heteroatoms. The molecule has 53 heavy (non-hydrogen) atoms. The van der Waals surface area contributed by atoms with Crippen LogP contribution in [0.25, 0.3) is 17.2 Å². The monoisotopic (exact) mass is 718 g/mol. The van der Waals surface area contributed by atoms with Crippen LogP contribution < -0.4 is 26.0 Å². The van der Waals surface area contributed by atoms with Crippen molar-refractivity contribution in [3.8, 4) is 23.0 Å². The van der Waals surface area contributed by atoms with Gasteiger partial charge in [-0.05, 0) is 49.6 Å². The summed E-state index contributed by atoms with van der Waals surface area (Å²) in [6.45, 7) is 7.42. The average Bonchev–Trinajstić information content (AvgIpc) is 3.76. The summed E-state index contributed by atoms with van der Waals surface area (Å²) in [6, 6.07) is 19.1. The van der Waals surface area contributed by atoms with Crippen molar-refractivity contribution >= 4 is 23.6 Å². The van der Waals surface area contributed by atoms with E-state index in [1.165, 1.54) is 10.9 Å². The topological polar surface area (TPSA) is 187 Å². The Hall–Kier alpha value is -6.38. The van der Waals surface area contributed by atoms with Crippen LogP contribution in [0.4, 0.5) is 0 Å². The molecule has 0 saturated carbocycles. The molecule has 0 fully saturated rings. The maximum atomic E-state index is 14.1. The molecule has 7 rings (SSSR count). The second kappa shape index (κ2) is 16.3. The molecule has 5 heterocycles. The number of carbonyl (C=O) groups excluding carboxylic acids is 4. The maximum absolute atomic E-state index is 14.1. The molecule has 2 bridgehead atoms. The van der Waals surface area contributed by atoms with E-state index in [-0.39, 0.29) is 43.5 Å². The SMILES string of the molecule is Cc1c(C(=O)N[C@H]2Cc3ccc(cc3)OCCNC(=O)Cn3nc(-c4ccccc4)nc3[C@H](C)NC(=O)[C@@H](C(C)C)NC2=O)cnn1-c1ccccn1. The molecule has 2 aliphatic heterocycles. The van der Waals surface area contributed by atoms with Gasteiger partial charge in [0.1, 0.15) is 36.8 Å². The smallest absolute Gasteiger partial charge is 0.255 e. The standard InChI is InChI=1S/C38H42N10O5/c1-23(2)33-38(52)42-24(3)35-45-34(27-10-6-5-7-11-27)46-47(35)22-32(49)40-18-19-53-28-15-13-26(14-16-28)20-30(37(51)44-33)43-36(50)29-21-41-48(25(29)4)31-12-8-9-17-39-31/h5-17,21,23-24,30,33H,18-20,22H2,1-4H3,(H,40,49)(H,42,52)(H,43,50)(H,44,51)/t24-,30-,33+/m0/s1. The Bertz CT molecular complexity index is 2060. The third kappa shape index (κ3) is 8.75. The Balaban J connectivity index is 1.29. The molecule has 274 valence electrons. The van der Waals surface area contributed by atoms with Crippen molar-refractivity contribution in [2.75, 3.05) is 13.2 Å². The van der Waals surface area contributed by atoms with Gasteiger partial charge in [-0.25, -0.2) is 19.3 Å². The first-order chi connectivity index (χ1) is 25.6. The number of amides is 4. The zero-order valence-electron chi connectivity index (χ0n) is 29.9. The Morgan fingerprint density at radius 3 is 2.43 bits per heavy atom. The first-order valence-electron chi connectivity index (χ1n) is 17.4. The number of hydrogen-bond donors (Lipinski definition) is 4. The van der Waals surface area contributed by atoms with Crippen molar-refractivity contribution in [1.82, 2.24) is 50.8 Å². The van der Waals surface area contributed by atoms with Crippen molar-refractivity contribution in [1.29, 1.82) is 0 Å². The number of pyridine rings is 1. The molecule has 0 spiro atoms. The van der Waals surface area contributed by atoms with E-state index in [0.29, 0.717) is 28.9 Å². The molecule has 2 aliphatic rings. The maximum Gasteiger partial charge on any atom is 0.255 e. The van der Waals surface area contributed by atoms with Gasteiger partial charge in [-0.15, -0.1) is 0 Å². The molecule has 4 amide bonds. The summed E-state index contributed by atoms with van der Waals surface area (Å²) >= 11 is 0. The predicted octanol–water partition coefficient (Wildman–Crippen LogP) is 2.70. The van der Waals surface area contributed by atoms with Crippen LogP contribution in [0.2, 0.25) is 0 Å². The predicted molar refractivity (Wildman–Crippen MR) is 195 cm³/mol. The van der Waals surface area contributed by atoms with Gasteiger partial charge >= 0.3 is 0 Å². The van der Waals surface area contributed by atoms with Gasteiger partial charge in [0, 0.05) is 18.2 Å². The Morgan fingerprint density at radius 2 is 1.72 bits per heavy atom. The fourth-order valence-corrected chi connectivity index (χ4v) is 5.95. The van der Waals surface area contributed by atoms with Gasteiger partial charge in [0.15, 0.2) is 11.6 Å². The minimum absolute atomic E-state index is 0.121. The quantitative estimate of drug-likeness (QED) is 0.212. The fourth-order valence-electron chi connectivity index (χ4n) is 5.95. The highest BCUT2D eigenvalue weighted by Gasteiger charge is 2.32. The van der Waals surface area contributed by atoms with Gasteiger partial charge in [-0.2, -0.15) is 10.2 Å². The second-order valence-corrected chi connectivity index (χ2v) is 13.1. The average molecular weight is 719 g/mol. The van der Waals surface area contributed by atoms with Gasteiger partial charge in [0.05, 0.1) is 30.0 Å². The lowest BCUT2D eigenvalue weighted by molar-refractivity contribution is -0.131. The fraction of sp³-hybridized carbons (Fsp3) is 0.316. The Labute approximate surface area is 306 Å². The summed E-state index contributed by atoms with van der Waals surface area (Å²) in [5.74, 6) is -0.286. The molecule has 4 N–H and O–H groups in total. The van der Waals surface area contributed by atoms with Gasteiger partial charge < -0.3 is 26.0 Å². The molecule has 5 aromatic rings. The van der Waals surface area contributed by atoms with Gasteiger partial charge in [-0.3, -0.25) is 19.2 Å². The number of ether oxygens (including phenoxy) is 1. The summed E-state index contributed by atoms with van der Waals surface area (Å²) in [6.07, 6.45) is 3.19. The molecule has 0 radical (unpaired) electrons. The van der Waals surface area contributed by atoms with Gasteiger partial charge in [-0.1, -0.05) is 62.4 Å². The molecule has 0 unspecified atom stereocenters. The Morgan fingerprint density at radius 1 is 0.962 bits per heavy atom. The van der Waals surface area contributed by atoms with Crippen LogP contribution in [0.5, 0.6) is 5.75 Å². The van der Waals surface area contributed by atoms with E-state index in [0.717, 1.165) is 11.1 Å². The Kier molecular flexibility index (Phi) is 11.2. The number of rotatable bonds is 5. The van der Waals surface area contributed by atoms with Crippen molar-refractivity contribution in [3.05, 3.63) is 108 Å². The van der Waals surface area contributed by atoms with Crippen LogP contribution in [0.3, 0.4) is 0 Å². The minimum atomic E-state index is -1.06. The van der Waals surface area contributed by atoms with Crippen LogP contribution in [-0.2, 0) is 27.3 Å². The van der Waals surface area contributed by atoms with Crippen LogP contribution in [0.1, 0.15) is 54.3 Å². The van der Waals surface area contributed by atoms with E-state index in [4.69, 9.17) is 9.72 Å². The van der Waals surface area contributed by atoms with Crippen molar-refractivity contribution in [2.45, 2.75) is 58.8 Å². The van der Waals surface area contributed by atoms with Gasteiger partial charge in [0.25, 0.3) is 5.91 Å². The van der Waals surface area contributed by atoms with E-state index in [2.05, 4.69) is 36.4 Å². The number of hydrogen-bond acceptors (Lipinski definition) is 9. The van der Waals surface area contributed by atoms with E-state index < -0.39 is 35.8 Å². The minimum Gasteiger partial charge on any atom is -0.492 e. The van der Waals surface area contributed by atoms with Crippen LogP contribution in [0.15, 0.2) is 85.2 Å². The molecular weight excluding hydrogens is 676 g/mol. The van der Waals surface area contributed by atoms with Gasteiger partial charge in [0.2, 0.25) is 17.7 Å². The normalized spacial score (nSPS) is 18.7. The highest BCUT2D eigenvalue weighted by atomic mass is 16.5. The number of carbonyl (C=O) groups is 4. The summed E-state index contributed by atoms with van der Waals surface area (Å²) in [5.41, 5.74) is 2.31. The lowest BCUT2D eigenvalue weighted by Gasteiger charge is -2.26. The van der Waals surface area contributed by atoms with E-state index in [1.54, 1.807) is 61.1 Å². The van der Waals surface area contributed by atoms with Crippen molar-refractivity contribution in [3.63, 3.8) is 0 Å². The largest absolute Gasteiger partial charge is 0.492 e. The van der Waals surface area contributed by atoms with Crippen LogP contribution in [0, 0.1) is 12.8 Å². The molecule has 15 nitrogen and oxygen atoms in total. The summed E-state index contributed by atoms with van der Waals surface area (Å²) in [5, 5.41) is 20.5. The zero-order chi connectivity index (χ0) is 37.5. The zero-order valence-corrected chi connectivity index (χ0v) is 29.9. The first kappa shape index (κ1) is 36.4. The summed E-state index contributed by atoms with van der Waals surface area (Å²) in [7, 11) is 0. The second-order valence-electron chi connectivity index (χ2n) is 13.1. The highest BCUT2D eigenvalue weighted by Crippen LogP contribution is 2.20. The molecule has 3 aromatic heterocycles. The third-order valence-electron chi connectivity index (χ3n) is 8.82. The number of benzene rings is 2. The number of aromatic nitrogens is 6. The molecular formula is C38H42N10O5. The summed E-state index contributed by atoms with van der Waals surface area (Å²) < 4.78 is 8.87. The summed E-state index contributed by atoms with van der Waals surface area (Å²) in [4.78, 5) is 63.7. The number of nitrogens with zero attached hydrogens (tertiary/aromatic N) is 6. The van der Waals surface area contributed by atoms with E-state index >= 15 is 0 Å².